The predicted molar refractivity (Wildman–Crippen MR) is 466 cm³/mol. The van der Waals surface area contributed by atoms with E-state index < -0.39 is 0 Å². The molecule has 0 aliphatic heterocycles. The fraction of sp³-hybridized carbons (Fsp3) is 0.279. The van der Waals surface area contributed by atoms with Crippen molar-refractivity contribution in [2.45, 2.75) is 164 Å². The fourth-order valence-corrected chi connectivity index (χ4v) is 16.3. The van der Waals surface area contributed by atoms with Crippen LogP contribution < -0.4 is 22.8 Å². The Hall–Kier alpha value is -11.1. The first-order chi connectivity index (χ1) is 53.8. The molecule has 0 fully saturated rings. The summed E-state index contributed by atoms with van der Waals surface area (Å²) in [6, 6.07) is 53.0. The topological polar surface area (TPSA) is 19.4 Å². The van der Waals surface area contributed by atoms with Gasteiger partial charge in [0.2, 0.25) is 28.5 Å². The van der Waals surface area contributed by atoms with Gasteiger partial charge in [0.1, 0.15) is 64.3 Å². The molecule has 0 aliphatic carbocycles. The monoisotopic (exact) mass is 1530 g/mol. The second-order valence-electron chi connectivity index (χ2n) is 32.6. The zero-order valence-corrected chi connectivity index (χ0v) is 72.1. The Bertz CT molecular complexity index is 6260. The molecule has 0 unspecified atom stereocenters. The lowest BCUT2D eigenvalue weighted by molar-refractivity contribution is -0.659. The molecule has 0 bridgehead atoms. The van der Waals surface area contributed by atoms with Crippen LogP contribution in [0, 0.1) is 154 Å². The number of aromatic nitrogens is 5. The third-order valence-corrected chi connectivity index (χ3v) is 24.0. The van der Waals surface area contributed by atoms with Gasteiger partial charge in [-0.1, -0.05) is 100.0 Å². The maximum absolute atomic E-state index is 14.3. The van der Waals surface area contributed by atoms with E-state index in [4.69, 9.17) is 0 Å². The van der Waals surface area contributed by atoms with Crippen LogP contribution in [-0.2, 0) is 35.2 Å². The second-order valence-corrected chi connectivity index (χ2v) is 32.6. The zero-order chi connectivity index (χ0) is 83.2. The highest BCUT2D eigenvalue weighted by Crippen LogP contribution is 2.40. The maximum atomic E-state index is 14.3. The SMILES string of the molecule is Cc1cc(-c2c3cc(C(C)C)ccc3cc[n+]2C)c(C)c(C)c1F.Cc1cc(-c2c3ccc(C(C)C)cc3cc[n+]2C)c(C)c(C)c1F.Cc1cc(-c2c3cccc(C)c3cc[n+]2C)c(C)c(C)c1F.Cc1cc(-c2c3ccccc3c(C)c[n+]2C)c(C)c(C)c1F.Cc1ccc2c(-c3cc(C)c(F)c(C)c3C)[n+](C)ccc2c1. The van der Waals surface area contributed by atoms with Gasteiger partial charge in [-0.15, -0.1) is 0 Å². The highest BCUT2D eigenvalue weighted by Gasteiger charge is 2.28. The highest BCUT2D eigenvalue weighted by atomic mass is 19.1. The molecule has 5 aromatic heterocycles. The standard InChI is InChI=1S/2C22H25FN.3C20H21FN/c1-13(2)17-7-8-19-18(12-17)9-10-24(6)22(19)20-11-14(3)21(23)16(5)15(20)4;1-13(2)18-8-7-17-9-10-24(6)22(20(17)12-18)19-11-14(3)21(23)16(5)15(19)4;1-12-6-7-17-16(10-12)8-9-22(5)20(17)18-11-13(2)19(21)15(4)14(18)3;1-12-7-6-8-17-16(12)9-10-22(5)20(17)18-11-13(2)19(21)15(4)14(18)3;1-12-10-18(14(3)15(4)19(12)21)20-17-9-7-6-8-16(17)13(2)11-22(20)5/h2*7-13H,1-6H3;3*6-11H,1-5H3/q5*+1. The summed E-state index contributed by atoms with van der Waals surface area (Å²) < 4.78 is 81.6. The molecule has 0 saturated carbocycles. The van der Waals surface area contributed by atoms with Crippen molar-refractivity contribution in [1.82, 2.24) is 0 Å². The molecule has 10 heteroatoms. The van der Waals surface area contributed by atoms with Crippen LogP contribution in [0.15, 0.2) is 183 Å². The zero-order valence-electron chi connectivity index (χ0n) is 72.1. The van der Waals surface area contributed by atoms with Crippen LogP contribution in [0.4, 0.5) is 22.0 Å². The molecular weight excluding hydrogens is 1410 g/mol. The van der Waals surface area contributed by atoms with Crippen LogP contribution in [0.25, 0.3) is 110 Å². The minimum Gasteiger partial charge on any atom is -0.206 e. The number of hydrogen-bond donors (Lipinski definition) is 0. The number of aryl methyl sites for hydroxylation is 13. The Morgan fingerprint density at radius 2 is 0.535 bits per heavy atom. The Kier molecular flexibility index (Phi) is 24.9. The van der Waals surface area contributed by atoms with Crippen LogP contribution in [-0.4, -0.2) is 0 Å². The van der Waals surface area contributed by atoms with Crippen molar-refractivity contribution in [2.24, 2.45) is 35.2 Å². The Morgan fingerprint density at radius 3 is 0.939 bits per heavy atom. The number of benzene rings is 10. The lowest BCUT2D eigenvalue weighted by atomic mass is 9.92. The minimum atomic E-state index is -0.0972. The first-order valence-electron chi connectivity index (χ1n) is 39.7. The summed E-state index contributed by atoms with van der Waals surface area (Å²) in [5.74, 6) is 0.498. The quantitative estimate of drug-likeness (QED) is 0.112. The summed E-state index contributed by atoms with van der Waals surface area (Å²) >= 11 is 0. The number of nitrogens with zero attached hydrogens (tertiary/aromatic N) is 5. The van der Waals surface area contributed by atoms with Crippen LogP contribution in [0.1, 0.15) is 151 Å². The summed E-state index contributed by atoms with van der Waals surface area (Å²) in [5.41, 5.74) is 29.9. The van der Waals surface area contributed by atoms with Gasteiger partial charge in [0.05, 0.1) is 54.7 Å². The Balaban J connectivity index is 0.000000141. The van der Waals surface area contributed by atoms with Crippen molar-refractivity contribution >= 4 is 53.9 Å². The molecule has 0 spiro atoms. The number of halogens is 5. The van der Waals surface area contributed by atoms with Gasteiger partial charge in [-0.05, 0) is 324 Å². The van der Waals surface area contributed by atoms with Crippen molar-refractivity contribution in [1.29, 1.82) is 0 Å². The average Bonchev–Trinajstić information content (AvgIpc) is 0.789. The van der Waals surface area contributed by atoms with E-state index in [9.17, 15) is 22.0 Å². The maximum Gasteiger partial charge on any atom is 0.220 e. The average molecular weight is 1530 g/mol. The van der Waals surface area contributed by atoms with Crippen molar-refractivity contribution in [2.75, 3.05) is 0 Å². The van der Waals surface area contributed by atoms with Gasteiger partial charge in [0.25, 0.3) is 0 Å². The summed E-state index contributed by atoms with van der Waals surface area (Å²) in [6.45, 7) is 43.7. The normalized spacial score (nSPS) is 11.3. The van der Waals surface area contributed by atoms with E-state index in [1.165, 1.54) is 81.7 Å². The van der Waals surface area contributed by atoms with Crippen molar-refractivity contribution in [3.8, 4) is 56.3 Å². The lowest BCUT2D eigenvalue weighted by Gasteiger charge is -2.14. The van der Waals surface area contributed by atoms with Crippen molar-refractivity contribution < 1.29 is 44.8 Å². The van der Waals surface area contributed by atoms with Crippen LogP contribution in [0.3, 0.4) is 0 Å². The van der Waals surface area contributed by atoms with Gasteiger partial charge >= 0.3 is 0 Å². The number of fused-ring (bicyclic) bond motifs is 5. The van der Waals surface area contributed by atoms with Gasteiger partial charge in [-0.2, -0.15) is 0 Å². The van der Waals surface area contributed by atoms with E-state index in [2.05, 4.69) is 245 Å². The van der Waals surface area contributed by atoms with E-state index in [-0.39, 0.29) is 29.1 Å². The number of rotatable bonds is 7. The summed E-state index contributed by atoms with van der Waals surface area (Å²) in [5, 5.41) is 12.2. The minimum absolute atomic E-state index is 0.0954. The van der Waals surface area contributed by atoms with Gasteiger partial charge < -0.3 is 0 Å². The smallest absolute Gasteiger partial charge is 0.206 e. The second kappa shape index (κ2) is 33.9. The molecule has 584 valence electrons. The van der Waals surface area contributed by atoms with E-state index in [0.29, 0.717) is 39.7 Å². The largest absolute Gasteiger partial charge is 0.220 e. The fourth-order valence-electron chi connectivity index (χ4n) is 16.3. The highest BCUT2D eigenvalue weighted by molar-refractivity contribution is 5.99. The lowest BCUT2D eigenvalue weighted by Crippen LogP contribution is -2.31. The first-order valence-corrected chi connectivity index (χ1v) is 39.7. The summed E-state index contributed by atoms with van der Waals surface area (Å²) in [7, 11) is 10.3. The van der Waals surface area contributed by atoms with Gasteiger partial charge in [0.15, 0.2) is 31.0 Å². The molecule has 0 N–H and O–H groups in total. The molecule has 15 rings (SSSR count). The van der Waals surface area contributed by atoms with E-state index >= 15 is 0 Å². The van der Waals surface area contributed by atoms with Crippen molar-refractivity contribution in [3.05, 3.63) is 323 Å². The Labute approximate surface area is 673 Å². The molecule has 0 saturated heterocycles. The molecular formula is C104H113F5N5+5. The Morgan fingerprint density at radius 1 is 0.228 bits per heavy atom. The predicted octanol–water partition coefficient (Wildman–Crippen LogP) is 25.2. The molecule has 0 radical (unpaired) electrons. The molecule has 0 aliphatic rings. The van der Waals surface area contributed by atoms with Crippen LogP contribution in [0.2, 0.25) is 0 Å². The van der Waals surface area contributed by atoms with Crippen molar-refractivity contribution in [3.63, 3.8) is 0 Å². The van der Waals surface area contributed by atoms with E-state index in [1.54, 1.807) is 0 Å². The van der Waals surface area contributed by atoms with Gasteiger partial charge in [0, 0.05) is 29.8 Å². The van der Waals surface area contributed by atoms with Crippen LogP contribution >= 0.6 is 0 Å². The third-order valence-electron chi connectivity index (χ3n) is 24.0. The van der Waals surface area contributed by atoms with E-state index in [1.807, 2.05) is 148 Å². The number of hydrogen-bond acceptors (Lipinski definition) is 0. The molecule has 15 aromatic rings. The third kappa shape index (κ3) is 16.3. The molecule has 10 aromatic carbocycles. The van der Waals surface area contributed by atoms with Gasteiger partial charge in [-0.3, -0.25) is 0 Å². The molecule has 5 heterocycles. The molecule has 0 amide bonds. The molecule has 0 atom stereocenters. The first kappa shape index (κ1) is 83.8. The number of pyridine rings is 5. The van der Waals surface area contributed by atoms with Gasteiger partial charge in [-0.25, -0.2) is 44.8 Å². The summed E-state index contributed by atoms with van der Waals surface area (Å²) in [4.78, 5) is 0. The van der Waals surface area contributed by atoms with E-state index in [0.717, 1.165) is 112 Å². The molecule has 5 nitrogen and oxygen atoms in total. The molecule has 114 heavy (non-hydrogen) atoms. The summed E-state index contributed by atoms with van der Waals surface area (Å²) in [6.07, 6.45) is 10.5. The van der Waals surface area contributed by atoms with Crippen LogP contribution in [0.5, 0.6) is 0 Å².